The summed E-state index contributed by atoms with van der Waals surface area (Å²) in [5, 5.41) is 6.51. The zero-order valence-corrected chi connectivity index (χ0v) is 11.9. The van der Waals surface area contributed by atoms with E-state index in [2.05, 4.69) is 33.2 Å². The summed E-state index contributed by atoms with van der Waals surface area (Å²) >= 11 is 5.06. The van der Waals surface area contributed by atoms with E-state index in [4.69, 9.17) is 5.73 Å². The molecule has 0 aliphatic rings. The molecule has 0 saturated carbocycles. The van der Waals surface area contributed by atoms with E-state index in [1.54, 1.807) is 11.3 Å². The lowest BCUT2D eigenvalue weighted by atomic mass is 10.2. The molecular formula is C12H14BrN3S. The molecule has 2 rings (SSSR count). The van der Waals surface area contributed by atoms with Crippen LogP contribution in [-0.4, -0.2) is 4.98 Å². The molecule has 17 heavy (non-hydrogen) atoms. The predicted molar refractivity (Wildman–Crippen MR) is 77.3 cm³/mol. The largest absolute Gasteiger partial charge is 0.397 e. The molecule has 1 unspecified atom stereocenters. The van der Waals surface area contributed by atoms with Gasteiger partial charge in [0.1, 0.15) is 5.01 Å². The molecule has 0 aliphatic heterocycles. The fraction of sp³-hybridized carbons (Fsp3) is 0.250. The van der Waals surface area contributed by atoms with Crippen LogP contribution in [0, 0.1) is 0 Å². The molecule has 2 aromatic rings. The number of thiazole rings is 1. The first-order chi connectivity index (χ1) is 8.20. The topological polar surface area (TPSA) is 50.9 Å². The smallest absolute Gasteiger partial charge is 0.115 e. The van der Waals surface area contributed by atoms with Crippen LogP contribution in [-0.2, 0) is 0 Å². The van der Waals surface area contributed by atoms with E-state index in [0.717, 1.165) is 27.3 Å². The number of nitrogens with zero attached hydrogens (tertiary/aromatic N) is 1. The van der Waals surface area contributed by atoms with Crippen molar-refractivity contribution in [3.8, 4) is 0 Å². The number of nitrogens with one attached hydrogen (secondary N) is 1. The minimum Gasteiger partial charge on any atom is -0.397 e. The summed E-state index contributed by atoms with van der Waals surface area (Å²) < 4.78 is 0.989. The summed E-state index contributed by atoms with van der Waals surface area (Å²) in [6, 6.07) is 6.08. The Morgan fingerprint density at radius 2 is 2.35 bits per heavy atom. The number of anilines is 2. The third-order valence-corrected chi connectivity index (χ3v) is 3.88. The first-order valence-corrected chi connectivity index (χ1v) is 7.09. The molecular weight excluding hydrogens is 298 g/mol. The highest BCUT2D eigenvalue weighted by molar-refractivity contribution is 9.10. The maximum Gasteiger partial charge on any atom is 0.115 e. The molecule has 1 atom stereocenters. The number of aromatic nitrogens is 1. The molecule has 0 fully saturated rings. The van der Waals surface area contributed by atoms with Gasteiger partial charge in [-0.25, -0.2) is 4.98 Å². The molecule has 5 heteroatoms. The molecule has 3 nitrogen and oxygen atoms in total. The zero-order valence-electron chi connectivity index (χ0n) is 9.48. The van der Waals surface area contributed by atoms with Crippen molar-refractivity contribution in [3.63, 3.8) is 0 Å². The average Bonchev–Trinajstić information content (AvgIpc) is 2.81. The summed E-state index contributed by atoms with van der Waals surface area (Å²) in [6.07, 6.45) is 2.80. The predicted octanol–water partition coefficient (Wildman–Crippen LogP) is 4.05. The van der Waals surface area contributed by atoms with E-state index in [0.29, 0.717) is 0 Å². The van der Waals surface area contributed by atoms with E-state index < -0.39 is 0 Å². The Morgan fingerprint density at radius 1 is 1.53 bits per heavy atom. The van der Waals surface area contributed by atoms with Gasteiger partial charge in [0, 0.05) is 16.0 Å². The van der Waals surface area contributed by atoms with Gasteiger partial charge in [0.05, 0.1) is 17.4 Å². The van der Waals surface area contributed by atoms with E-state index in [-0.39, 0.29) is 6.04 Å². The number of nitrogens with two attached hydrogens (primary N) is 1. The molecule has 1 aromatic heterocycles. The van der Waals surface area contributed by atoms with Crippen LogP contribution in [0.4, 0.5) is 11.4 Å². The van der Waals surface area contributed by atoms with Gasteiger partial charge in [-0.2, -0.15) is 0 Å². The van der Waals surface area contributed by atoms with Crippen molar-refractivity contribution < 1.29 is 0 Å². The van der Waals surface area contributed by atoms with Crippen LogP contribution in [0.25, 0.3) is 0 Å². The highest BCUT2D eigenvalue weighted by Crippen LogP contribution is 2.29. The molecule has 0 spiro atoms. The molecule has 1 heterocycles. The van der Waals surface area contributed by atoms with Gasteiger partial charge >= 0.3 is 0 Å². The lowest BCUT2D eigenvalue weighted by Crippen LogP contribution is -2.10. The summed E-state index contributed by atoms with van der Waals surface area (Å²) in [7, 11) is 0. The normalized spacial score (nSPS) is 12.4. The van der Waals surface area contributed by atoms with Gasteiger partial charge in [-0.05, 0) is 24.6 Å². The van der Waals surface area contributed by atoms with E-state index in [1.807, 2.05) is 29.8 Å². The van der Waals surface area contributed by atoms with Crippen molar-refractivity contribution in [2.75, 3.05) is 11.1 Å². The Bertz CT molecular complexity index is 485. The standard InChI is InChI=1S/C12H14BrN3S/c1-2-10(12-15-5-6-17-12)16-11-4-3-8(13)7-9(11)14/h3-7,10,16H,2,14H2,1H3. The van der Waals surface area contributed by atoms with Crippen molar-refractivity contribution in [1.82, 2.24) is 4.98 Å². The SMILES string of the molecule is CCC(Nc1ccc(Br)cc1N)c1nccs1. The van der Waals surface area contributed by atoms with Crippen LogP contribution in [0.3, 0.4) is 0 Å². The highest BCUT2D eigenvalue weighted by atomic mass is 79.9. The number of nitrogen functional groups attached to an aromatic ring is 1. The van der Waals surface area contributed by atoms with Crippen LogP contribution >= 0.6 is 27.3 Å². The summed E-state index contributed by atoms with van der Waals surface area (Å²) in [5.74, 6) is 0. The number of benzene rings is 1. The fourth-order valence-corrected chi connectivity index (χ4v) is 2.75. The Labute approximate surface area is 113 Å². The molecule has 1 aromatic carbocycles. The summed E-state index contributed by atoms with van der Waals surface area (Å²) in [5.41, 5.74) is 7.67. The fourth-order valence-electron chi connectivity index (χ4n) is 1.60. The third-order valence-electron chi connectivity index (χ3n) is 2.50. The van der Waals surface area contributed by atoms with Crippen molar-refractivity contribution in [1.29, 1.82) is 0 Å². The first-order valence-electron chi connectivity index (χ1n) is 5.41. The average molecular weight is 312 g/mol. The minimum atomic E-state index is 0.221. The molecule has 3 N–H and O–H groups in total. The van der Waals surface area contributed by atoms with Crippen molar-refractivity contribution in [2.45, 2.75) is 19.4 Å². The molecule has 0 bridgehead atoms. The maximum atomic E-state index is 5.97. The second kappa shape index (κ2) is 5.51. The number of hydrogen-bond donors (Lipinski definition) is 2. The Hall–Kier alpha value is -1.07. The van der Waals surface area contributed by atoms with Gasteiger partial charge in [0.25, 0.3) is 0 Å². The van der Waals surface area contributed by atoms with Gasteiger partial charge < -0.3 is 11.1 Å². The second-order valence-electron chi connectivity index (χ2n) is 3.71. The number of hydrogen-bond acceptors (Lipinski definition) is 4. The van der Waals surface area contributed by atoms with E-state index in [9.17, 15) is 0 Å². The van der Waals surface area contributed by atoms with Crippen molar-refractivity contribution >= 4 is 38.6 Å². The van der Waals surface area contributed by atoms with Gasteiger partial charge in [-0.3, -0.25) is 0 Å². The summed E-state index contributed by atoms with van der Waals surface area (Å²) in [6.45, 7) is 2.13. The van der Waals surface area contributed by atoms with E-state index >= 15 is 0 Å². The Morgan fingerprint density at radius 3 is 2.94 bits per heavy atom. The number of halogens is 1. The molecule has 0 aliphatic carbocycles. The zero-order chi connectivity index (χ0) is 12.3. The van der Waals surface area contributed by atoms with Crippen LogP contribution < -0.4 is 11.1 Å². The van der Waals surface area contributed by atoms with Crippen LogP contribution in [0.5, 0.6) is 0 Å². The Balaban J connectivity index is 2.19. The minimum absolute atomic E-state index is 0.221. The van der Waals surface area contributed by atoms with Crippen LogP contribution in [0.1, 0.15) is 24.4 Å². The van der Waals surface area contributed by atoms with Crippen LogP contribution in [0.2, 0.25) is 0 Å². The quantitative estimate of drug-likeness (QED) is 0.837. The Kier molecular flexibility index (Phi) is 4.02. The van der Waals surface area contributed by atoms with Gasteiger partial charge in [0.2, 0.25) is 0 Å². The monoisotopic (exact) mass is 311 g/mol. The molecule has 0 amide bonds. The third kappa shape index (κ3) is 2.98. The van der Waals surface area contributed by atoms with Gasteiger partial charge in [0.15, 0.2) is 0 Å². The van der Waals surface area contributed by atoms with Crippen molar-refractivity contribution in [2.24, 2.45) is 0 Å². The summed E-state index contributed by atoms with van der Waals surface area (Å²) in [4.78, 5) is 4.34. The molecule has 0 saturated heterocycles. The lowest BCUT2D eigenvalue weighted by Gasteiger charge is -2.17. The second-order valence-corrected chi connectivity index (χ2v) is 5.55. The lowest BCUT2D eigenvalue weighted by molar-refractivity contribution is 0.742. The van der Waals surface area contributed by atoms with Gasteiger partial charge in [-0.15, -0.1) is 11.3 Å². The molecule has 0 radical (unpaired) electrons. The van der Waals surface area contributed by atoms with E-state index in [1.165, 1.54) is 0 Å². The highest BCUT2D eigenvalue weighted by Gasteiger charge is 2.12. The van der Waals surface area contributed by atoms with Crippen molar-refractivity contribution in [3.05, 3.63) is 39.3 Å². The van der Waals surface area contributed by atoms with Crippen LogP contribution in [0.15, 0.2) is 34.2 Å². The number of rotatable bonds is 4. The van der Waals surface area contributed by atoms with Gasteiger partial charge in [-0.1, -0.05) is 22.9 Å². The first kappa shape index (κ1) is 12.4. The molecule has 90 valence electrons. The maximum absolute atomic E-state index is 5.97.